The van der Waals surface area contributed by atoms with Crippen LogP contribution in [0.1, 0.15) is 43.0 Å². The molecule has 0 aromatic heterocycles. The molecule has 1 aliphatic rings. The fourth-order valence-electron chi connectivity index (χ4n) is 3.28. The highest BCUT2D eigenvalue weighted by Gasteiger charge is 2.43. The Kier molecular flexibility index (Phi) is 5.84. The normalized spacial score (nSPS) is 17.8. The number of aliphatic carboxylic acids is 1. The number of carbonyl (C=O) groups is 2. The van der Waals surface area contributed by atoms with E-state index in [4.69, 9.17) is 0 Å². The van der Waals surface area contributed by atoms with E-state index < -0.39 is 21.4 Å². The van der Waals surface area contributed by atoms with Crippen molar-refractivity contribution in [3.63, 3.8) is 0 Å². The number of sulfonamides is 1. The van der Waals surface area contributed by atoms with Gasteiger partial charge in [-0.1, -0.05) is 13.3 Å². The van der Waals surface area contributed by atoms with Gasteiger partial charge in [-0.05, 0) is 43.5 Å². The van der Waals surface area contributed by atoms with E-state index in [1.54, 1.807) is 0 Å². The third kappa shape index (κ3) is 3.85. The molecule has 1 heterocycles. The second-order valence-electron chi connectivity index (χ2n) is 6.34. The van der Waals surface area contributed by atoms with Crippen LogP contribution in [0.2, 0.25) is 0 Å². The summed E-state index contributed by atoms with van der Waals surface area (Å²) in [5.74, 6) is -1.13. The molecule has 0 radical (unpaired) electrons. The molecule has 1 fully saturated rings. The van der Waals surface area contributed by atoms with Crippen LogP contribution in [0.5, 0.6) is 0 Å². The Bertz CT molecular complexity index is 735. The molecule has 1 amide bonds. The average molecular weight is 368 g/mol. The van der Waals surface area contributed by atoms with Crippen LogP contribution in [0.4, 0.5) is 0 Å². The third-order valence-electron chi connectivity index (χ3n) is 4.84. The first-order chi connectivity index (χ1) is 11.8. The second kappa shape index (κ2) is 7.53. The van der Waals surface area contributed by atoms with Gasteiger partial charge < -0.3 is 10.4 Å². The van der Waals surface area contributed by atoms with E-state index in [-0.39, 0.29) is 23.9 Å². The quantitative estimate of drug-likeness (QED) is 0.795. The van der Waals surface area contributed by atoms with Crippen molar-refractivity contribution in [1.29, 1.82) is 0 Å². The fourth-order valence-corrected chi connectivity index (χ4v) is 4.72. The summed E-state index contributed by atoms with van der Waals surface area (Å²) in [5, 5.41) is 12.0. The maximum Gasteiger partial charge on any atom is 0.309 e. The number of carbonyl (C=O) groups excluding carboxylic acids is 1. The Labute approximate surface area is 148 Å². The molecule has 7 nitrogen and oxygen atoms in total. The van der Waals surface area contributed by atoms with Crippen LogP contribution < -0.4 is 5.32 Å². The highest BCUT2D eigenvalue weighted by Crippen LogP contribution is 2.38. The number of benzene rings is 1. The second-order valence-corrected chi connectivity index (χ2v) is 8.28. The van der Waals surface area contributed by atoms with E-state index in [0.29, 0.717) is 24.8 Å². The Hall–Kier alpha value is -1.93. The minimum Gasteiger partial charge on any atom is -0.481 e. The fraction of sp³-hybridized carbons (Fsp3) is 0.529. The van der Waals surface area contributed by atoms with Crippen molar-refractivity contribution in [2.24, 2.45) is 5.41 Å². The van der Waals surface area contributed by atoms with Gasteiger partial charge in [-0.2, -0.15) is 4.31 Å². The van der Waals surface area contributed by atoms with Crippen LogP contribution in [0.25, 0.3) is 0 Å². The van der Waals surface area contributed by atoms with E-state index in [9.17, 15) is 23.1 Å². The van der Waals surface area contributed by atoms with Crippen molar-refractivity contribution in [2.75, 3.05) is 20.1 Å². The van der Waals surface area contributed by atoms with E-state index >= 15 is 0 Å². The number of rotatable bonds is 6. The number of piperidine rings is 1. The minimum atomic E-state index is -3.69. The van der Waals surface area contributed by atoms with Crippen LogP contribution in [-0.4, -0.2) is 49.8 Å². The molecule has 0 bridgehead atoms. The number of carboxylic acid groups (broad SMARTS) is 1. The summed E-state index contributed by atoms with van der Waals surface area (Å²) in [6.07, 6.45) is 1.93. The molecule has 0 unspecified atom stereocenters. The van der Waals surface area contributed by atoms with Gasteiger partial charge in [-0.25, -0.2) is 8.42 Å². The van der Waals surface area contributed by atoms with Gasteiger partial charge in [0, 0.05) is 25.7 Å². The Balaban J connectivity index is 2.16. The van der Waals surface area contributed by atoms with Crippen molar-refractivity contribution < 1.29 is 23.1 Å². The standard InChI is InChI=1S/C17H24N2O5S/c1-3-8-17(16(21)22)9-11-19(12-10-17)25(23,24)14-6-4-13(5-7-14)15(20)18-2/h4-7H,3,8-12H2,1-2H3,(H,18,20)(H,21,22). The summed E-state index contributed by atoms with van der Waals surface area (Å²) >= 11 is 0. The first-order valence-electron chi connectivity index (χ1n) is 8.32. The first-order valence-corrected chi connectivity index (χ1v) is 9.76. The largest absolute Gasteiger partial charge is 0.481 e. The minimum absolute atomic E-state index is 0.110. The first kappa shape index (κ1) is 19.4. The average Bonchev–Trinajstić information content (AvgIpc) is 2.61. The molecule has 2 N–H and O–H groups in total. The number of hydrogen-bond acceptors (Lipinski definition) is 4. The van der Waals surface area contributed by atoms with Gasteiger partial charge >= 0.3 is 5.97 Å². The molecule has 1 aliphatic heterocycles. The van der Waals surface area contributed by atoms with E-state index in [1.807, 2.05) is 6.92 Å². The lowest BCUT2D eigenvalue weighted by Gasteiger charge is -2.38. The number of carboxylic acids is 1. The Morgan fingerprint density at radius 1 is 1.20 bits per heavy atom. The lowest BCUT2D eigenvalue weighted by molar-refractivity contribution is -0.152. The highest BCUT2D eigenvalue weighted by atomic mass is 32.2. The maximum atomic E-state index is 12.8. The summed E-state index contributed by atoms with van der Waals surface area (Å²) in [5.41, 5.74) is -0.447. The zero-order valence-electron chi connectivity index (χ0n) is 14.5. The van der Waals surface area contributed by atoms with Gasteiger partial charge in [0.25, 0.3) is 5.91 Å². The Morgan fingerprint density at radius 2 is 1.76 bits per heavy atom. The van der Waals surface area contributed by atoms with Crippen LogP contribution in [0.15, 0.2) is 29.2 Å². The van der Waals surface area contributed by atoms with Crippen LogP contribution >= 0.6 is 0 Å². The van der Waals surface area contributed by atoms with Crippen molar-refractivity contribution in [3.8, 4) is 0 Å². The van der Waals surface area contributed by atoms with Crippen molar-refractivity contribution >= 4 is 21.9 Å². The third-order valence-corrected chi connectivity index (χ3v) is 6.76. The molecule has 0 atom stereocenters. The summed E-state index contributed by atoms with van der Waals surface area (Å²) < 4.78 is 26.8. The van der Waals surface area contributed by atoms with Gasteiger partial charge in [-0.3, -0.25) is 9.59 Å². The molecule has 1 aromatic carbocycles. The maximum absolute atomic E-state index is 12.8. The predicted octanol–water partition coefficient (Wildman–Crippen LogP) is 1.70. The topological polar surface area (TPSA) is 104 Å². The highest BCUT2D eigenvalue weighted by molar-refractivity contribution is 7.89. The monoisotopic (exact) mass is 368 g/mol. The summed E-state index contributed by atoms with van der Waals surface area (Å²) in [6, 6.07) is 5.75. The molecule has 0 saturated carbocycles. The Morgan fingerprint density at radius 3 is 2.20 bits per heavy atom. The van der Waals surface area contributed by atoms with E-state index in [2.05, 4.69) is 5.32 Å². The molecule has 25 heavy (non-hydrogen) atoms. The van der Waals surface area contributed by atoms with E-state index in [0.717, 1.165) is 6.42 Å². The predicted molar refractivity (Wildman–Crippen MR) is 92.8 cm³/mol. The number of nitrogens with one attached hydrogen (secondary N) is 1. The number of hydrogen-bond donors (Lipinski definition) is 2. The number of nitrogens with zero attached hydrogens (tertiary/aromatic N) is 1. The van der Waals surface area contributed by atoms with Gasteiger partial charge in [0.1, 0.15) is 0 Å². The van der Waals surface area contributed by atoms with Crippen molar-refractivity contribution in [1.82, 2.24) is 9.62 Å². The molecular weight excluding hydrogens is 344 g/mol. The van der Waals surface area contributed by atoms with E-state index in [1.165, 1.54) is 35.6 Å². The molecule has 0 spiro atoms. The van der Waals surface area contributed by atoms with Crippen LogP contribution in [0.3, 0.4) is 0 Å². The van der Waals surface area contributed by atoms with Gasteiger partial charge in [-0.15, -0.1) is 0 Å². The van der Waals surface area contributed by atoms with Crippen LogP contribution in [0, 0.1) is 5.41 Å². The summed E-state index contributed by atoms with van der Waals surface area (Å²) in [4.78, 5) is 23.3. The molecule has 1 saturated heterocycles. The molecule has 138 valence electrons. The van der Waals surface area contributed by atoms with Gasteiger partial charge in [0.05, 0.1) is 10.3 Å². The number of amides is 1. The van der Waals surface area contributed by atoms with Crippen LogP contribution in [-0.2, 0) is 14.8 Å². The smallest absolute Gasteiger partial charge is 0.309 e. The van der Waals surface area contributed by atoms with Gasteiger partial charge in [0.2, 0.25) is 10.0 Å². The van der Waals surface area contributed by atoms with Crippen molar-refractivity contribution in [2.45, 2.75) is 37.5 Å². The molecule has 1 aromatic rings. The molecule has 0 aliphatic carbocycles. The molecule has 2 rings (SSSR count). The lowest BCUT2D eigenvalue weighted by Crippen LogP contribution is -2.46. The molecular formula is C17H24N2O5S. The summed E-state index contributed by atoms with van der Waals surface area (Å²) in [6.45, 7) is 2.31. The zero-order chi connectivity index (χ0) is 18.7. The van der Waals surface area contributed by atoms with Crippen molar-refractivity contribution in [3.05, 3.63) is 29.8 Å². The lowest BCUT2D eigenvalue weighted by atomic mass is 9.75. The van der Waals surface area contributed by atoms with Gasteiger partial charge in [0.15, 0.2) is 0 Å². The molecule has 8 heteroatoms. The SMILES string of the molecule is CCCC1(C(=O)O)CCN(S(=O)(=O)c2ccc(C(=O)NC)cc2)CC1. The summed E-state index contributed by atoms with van der Waals surface area (Å²) in [7, 11) is -2.19. The zero-order valence-corrected chi connectivity index (χ0v) is 15.3.